The Kier molecular flexibility index (Phi) is 6.60. The van der Waals surface area contributed by atoms with Gasteiger partial charge in [-0.1, -0.05) is 13.8 Å². The van der Waals surface area contributed by atoms with Crippen molar-refractivity contribution >= 4 is 5.91 Å². The van der Waals surface area contributed by atoms with Crippen LogP contribution in [0, 0.1) is 11.3 Å². The van der Waals surface area contributed by atoms with E-state index in [9.17, 15) is 4.79 Å². The minimum absolute atomic E-state index is 0. The summed E-state index contributed by atoms with van der Waals surface area (Å²) in [5.41, 5.74) is 1.24. The fraction of sp³-hybridized carbons (Fsp3) is 0.476. The summed E-state index contributed by atoms with van der Waals surface area (Å²) in [4.78, 5) is 16.5. The van der Waals surface area contributed by atoms with Crippen LogP contribution >= 0.6 is 0 Å². The molecule has 29 heavy (non-hydrogen) atoms. The second kappa shape index (κ2) is 9.32. The van der Waals surface area contributed by atoms with Crippen LogP contribution in [0.1, 0.15) is 68.8 Å². The third-order valence-corrected chi connectivity index (χ3v) is 4.98. The Morgan fingerprint density at radius 1 is 1.28 bits per heavy atom. The van der Waals surface area contributed by atoms with Crippen molar-refractivity contribution < 1.29 is 15.7 Å². The molecule has 8 heteroatoms. The fourth-order valence-electron chi connectivity index (χ4n) is 3.26. The van der Waals surface area contributed by atoms with Gasteiger partial charge in [-0.3, -0.25) is 4.79 Å². The molecule has 8 nitrogen and oxygen atoms in total. The lowest BCUT2D eigenvalue weighted by Crippen LogP contribution is -2.40. The van der Waals surface area contributed by atoms with Crippen LogP contribution in [0.5, 0.6) is 11.5 Å². The van der Waals surface area contributed by atoms with Crippen molar-refractivity contribution in [2.24, 2.45) is 0 Å². The first-order chi connectivity index (χ1) is 14.0. The molecule has 1 aliphatic carbocycles. The average molecular weight is 397 g/mol. The van der Waals surface area contributed by atoms with Crippen molar-refractivity contribution in [3.63, 3.8) is 0 Å². The number of hydrogen-bond acceptors (Lipinski definition) is 7. The van der Waals surface area contributed by atoms with Gasteiger partial charge in [0.15, 0.2) is 0 Å². The molecule has 1 amide bonds. The number of carbonyl (C=O) groups is 1. The van der Waals surface area contributed by atoms with Crippen LogP contribution in [0.15, 0.2) is 24.4 Å². The van der Waals surface area contributed by atoms with Crippen LogP contribution in [0.4, 0.5) is 0 Å². The molecule has 154 valence electrons. The van der Waals surface area contributed by atoms with Gasteiger partial charge >= 0.3 is 0 Å². The lowest BCUT2D eigenvalue weighted by Gasteiger charge is -2.29. The Morgan fingerprint density at radius 2 is 2.03 bits per heavy atom. The first-order valence-electron chi connectivity index (χ1n) is 9.75. The summed E-state index contributed by atoms with van der Waals surface area (Å²) in [6.07, 6.45) is 4.91. The topological polar surface area (TPSA) is 110 Å². The number of carbonyl (C=O) groups excluding carboxylic acids is 1. The van der Waals surface area contributed by atoms with Gasteiger partial charge in [0.05, 0.1) is 30.7 Å². The van der Waals surface area contributed by atoms with Gasteiger partial charge in [0.1, 0.15) is 17.6 Å². The van der Waals surface area contributed by atoms with Gasteiger partial charge < -0.3 is 14.8 Å². The molecular formula is C21H27N5O3. The first kappa shape index (κ1) is 20.5. The molecule has 0 bridgehead atoms. The SMILES string of the molecule is COc1cc(OC2CCC(NC(=O)c3ncc(C(C)C)nn3)CC2)ccc1C#N.[HH]. The molecule has 3 rings (SSSR count). The summed E-state index contributed by atoms with van der Waals surface area (Å²) in [6, 6.07) is 7.35. The van der Waals surface area contributed by atoms with Crippen LogP contribution < -0.4 is 14.8 Å². The summed E-state index contributed by atoms with van der Waals surface area (Å²) in [7, 11) is 1.53. The Morgan fingerprint density at radius 3 is 2.62 bits per heavy atom. The molecule has 0 radical (unpaired) electrons. The smallest absolute Gasteiger partial charge is 0.291 e. The van der Waals surface area contributed by atoms with E-state index in [0.717, 1.165) is 31.4 Å². The van der Waals surface area contributed by atoms with Gasteiger partial charge in [0.25, 0.3) is 5.91 Å². The van der Waals surface area contributed by atoms with E-state index in [0.29, 0.717) is 17.1 Å². The van der Waals surface area contributed by atoms with Crippen LogP contribution in [-0.4, -0.2) is 40.3 Å². The van der Waals surface area contributed by atoms with E-state index < -0.39 is 0 Å². The predicted molar refractivity (Wildman–Crippen MR) is 108 cm³/mol. The molecule has 0 unspecified atom stereocenters. The van der Waals surface area contributed by atoms with Crippen molar-refractivity contribution in [3.8, 4) is 17.6 Å². The molecule has 1 aliphatic rings. The molecular weight excluding hydrogens is 370 g/mol. The Bertz CT molecular complexity index is 891. The van der Waals surface area contributed by atoms with Gasteiger partial charge in [-0.05, 0) is 43.7 Å². The number of benzene rings is 1. The molecule has 0 atom stereocenters. The maximum atomic E-state index is 12.3. The highest BCUT2D eigenvalue weighted by Crippen LogP contribution is 2.28. The molecule has 1 saturated carbocycles. The molecule has 1 N–H and O–H groups in total. The number of ether oxygens (including phenoxy) is 2. The van der Waals surface area contributed by atoms with E-state index in [1.165, 1.54) is 7.11 Å². The van der Waals surface area contributed by atoms with E-state index in [1.54, 1.807) is 24.4 Å². The van der Waals surface area contributed by atoms with Gasteiger partial charge in [-0.25, -0.2) is 4.98 Å². The predicted octanol–water partition coefficient (Wildman–Crippen LogP) is 3.24. The number of hydrogen-bond donors (Lipinski definition) is 1. The van der Waals surface area contributed by atoms with E-state index >= 15 is 0 Å². The monoisotopic (exact) mass is 397 g/mol. The third kappa shape index (κ3) is 5.19. The van der Waals surface area contributed by atoms with Crippen LogP contribution in [-0.2, 0) is 0 Å². The van der Waals surface area contributed by atoms with E-state index in [-0.39, 0.29) is 31.2 Å². The quantitative estimate of drug-likeness (QED) is 0.796. The Hall–Kier alpha value is -3.21. The Labute approximate surface area is 171 Å². The number of amides is 1. The average Bonchev–Trinajstić information content (AvgIpc) is 2.75. The van der Waals surface area contributed by atoms with Gasteiger partial charge in [-0.15, -0.1) is 5.10 Å². The summed E-state index contributed by atoms with van der Waals surface area (Å²) in [5.74, 6) is 1.20. The van der Waals surface area contributed by atoms with Gasteiger partial charge in [0, 0.05) is 13.5 Å². The molecule has 1 heterocycles. The molecule has 0 spiro atoms. The summed E-state index contributed by atoms with van der Waals surface area (Å²) < 4.78 is 11.3. The normalized spacial score (nSPS) is 18.7. The lowest BCUT2D eigenvalue weighted by molar-refractivity contribution is 0.0882. The highest BCUT2D eigenvalue weighted by Gasteiger charge is 2.25. The van der Waals surface area contributed by atoms with Crippen molar-refractivity contribution in [1.82, 2.24) is 20.5 Å². The summed E-state index contributed by atoms with van der Waals surface area (Å²) in [5, 5.41) is 20.0. The largest absolute Gasteiger partial charge is 0.495 e. The maximum Gasteiger partial charge on any atom is 0.291 e. The van der Waals surface area contributed by atoms with Crippen molar-refractivity contribution in [2.45, 2.75) is 57.6 Å². The van der Waals surface area contributed by atoms with E-state index in [1.807, 2.05) is 13.8 Å². The minimum Gasteiger partial charge on any atom is -0.495 e. The summed E-state index contributed by atoms with van der Waals surface area (Å²) in [6.45, 7) is 4.00. The minimum atomic E-state index is -0.297. The molecule has 0 saturated heterocycles. The maximum absolute atomic E-state index is 12.3. The first-order valence-corrected chi connectivity index (χ1v) is 9.75. The lowest BCUT2D eigenvalue weighted by atomic mass is 9.93. The zero-order valence-electron chi connectivity index (χ0n) is 16.9. The fourth-order valence-corrected chi connectivity index (χ4v) is 3.26. The van der Waals surface area contributed by atoms with Crippen LogP contribution in [0.25, 0.3) is 0 Å². The molecule has 1 fully saturated rings. The highest BCUT2D eigenvalue weighted by molar-refractivity contribution is 5.90. The second-order valence-corrected chi connectivity index (χ2v) is 7.40. The van der Waals surface area contributed by atoms with E-state index in [4.69, 9.17) is 14.7 Å². The number of nitrogens with one attached hydrogen (secondary N) is 1. The second-order valence-electron chi connectivity index (χ2n) is 7.40. The molecule has 1 aromatic carbocycles. The summed E-state index contributed by atoms with van der Waals surface area (Å²) >= 11 is 0. The van der Waals surface area contributed by atoms with Gasteiger partial charge in [-0.2, -0.15) is 10.4 Å². The standard InChI is InChI=1S/C21H25N5O3.H2/c1-13(2)18-12-23-20(26-25-18)21(27)24-15-5-8-16(9-6-15)29-17-7-4-14(11-22)19(10-17)28-3;/h4,7,10,12-13,15-16H,5-6,8-9H2,1-3H3,(H,24,27);1H. The zero-order chi connectivity index (χ0) is 20.8. The molecule has 2 aromatic rings. The number of nitriles is 1. The van der Waals surface area contributed by atoms with Crippen LogP contribution in [0.3, 0.4) is 0 Å². The molecule has 1 aromatic heterocycles. The number of nitrogens with zero attached hydrogens (tertiary/aromatic N) is 4. The Balaban J connectivity index is 0.00000320. The van der Waals surface area contributed by atoms with Crippen molar-refractivity contribution in [3.05, 3.63) is 41.5 Å². The van der Waals surface area contributed by atoms with Gasteiger partial charge in [0.2, 0.25) is 5.82 Å². The highest BCUT2D eigenvalue weighted by atomic mass is 16.5. The van der Waals surface area contributed by atoms with E-state index in [2.05, 4.69) is 26.6 Å². The zero-order valence-corrected chi connectivity index (χ0v) is 16.9. The van der Waals surface area contributed by atoms with Crippen molar-refractivity contribution in [2.75, 3.05) is 7.11 Å². The third-order valence-electron chi connectivity index (χ3n) is 4.98. The molecule has 0 aliphatic heterocycles. The van der Waals surface area contributed by atoms with Crippen LogP contribution in [0.2, 0.25) is 0 Å². The number of rotatable bonds is 6. The number of methoxy groups -OCH3 is 1. The van der Waals surface area contributed by atoms with Crippen molar-refractivity contribution in [1.29, 1.82) is 5.26 Å². The number of aromatic nitrogens is 3.